The molecular weight excluding hydrogens is 276 g/mol. The minimum absolute atomic E-state index is 0.0745. The van der Waals surface area contributed by atoms with E-state index in [-0.39, 0.29) is 23.9 Å². The number of urea groups is 1. The zero-order valence-corrected chi connectivity index (χ0v) is 12.5. The number of amides is 2. The number of carboxylic acid groups (broad SMARTS) is 1. The molecule has 0 bridgehead atoms. The Morgan fingerprint density at radius 3 is 2.75 bits per heavy atom. The van der Waals surface area contributed by atoms with Crippen molar-refractivity contribution < 1.29 is 14.7 Å². The maximum absolute atomic E-state index is 12.0. The van der Waals surface area contributed by atoms with Gasteiger partial charge < -0.3 is 15.3 Å². The Morgan fingerprint density at radius 1 is 1.50 bits per heavy atom. The molecule has 6 heteroatoms. The Kier molecular flexibility index (Phi) is 4.65. The molecule has 110 valence electrons. The SMILES string of the molecule is CC(Cc1ccsc1)NC(=O)N1CC(C(C)C(=O)O)C1. The van der Waals surface area contributed by atoms with Gasteiger partial charge in [0, 0.05) is 25.0 Å². The Hall–Kier alpha value is -1.56. The topological polar surface area (TPSA) is 69.6 Å². The van der Waals surface area contributed by atoms with Crippen molar-refractivity contribution in [3.05, 3.63) is 22.4 Å². The summed E-state index contributed by atoms with van der Waals surface area (Å²) in [7, 11) is 0. The maximum Gasteiger partial charge on any atom is 0.317 e. The van der Waals surface area contributed by atoms with E-state index in [1.807, 2.05) is 12.3 Å². The van der Waals surface area contributed by atoms with Crippen LogP contribution in [0.15, 0.2) is 16.8 Å². The second kappa shape index (κ2) is 6.26. The molecule has 2 amide bonds. The van der Waals surface area contributed by atoms with Gasteiger partial charge in [-0.25, -0.2) is 4.79 Å². The number of carboxylic acids is 1. The molecule has 2 unspecified atom stereocenters. The van der Waals surface area contributed by atoms with Crippen LogP contribution in [0.4, 0.5) is 4.79 Å². The highest BCUT2D eigenvalue weighted by molar-refractivity contribution is 7.07. The molecule has 5 nitrogen and oxygen atoms in total. The number of likely N-dealkylation sites (tertiary alicyclic amines) is 1. The molecule has 2 N–H and O–H groups in total. The molecular formula is C14H20N2O3S. The van der Waals surface area contributed by atoms with Crippen molar-refractivity contribution >= 4 is 23.3 Å². The predicted molar refractivity (Wildman–Crippen MR) is 77.9 cm³/mol. The minimum Gasteiger partial charge on any atom is -0.481 e. The zero-order valence-electron chi connectivity index (χ0n) is 11.7. The van der Waals surface area contributed by atoms with Gasteiger partial charge in [0.15, 0.2) is 0 Å². The Balaban J connectivity index is 1.73. The van der Waals surface area contributed by atoms with Crippen LogP contribution in [0, 0.1) is 11.8 Å². The maximum atomic E-state index is 12.0. The fourth-order valence-electron chi connectivity index (χ4n) is 2.31. The lowest BCUT2D eigenvalue weighted by atomic mass is 9.87. The summed E-state index contributed by atoms with van der Waals surface area (Å²) in [6, 6.07) is 2.04. The summed E-state index contributed by atoms with van der Waals surface area (Å²) in [5.41, 5.74) is 1.23. The van der Waals surface area contributed by atoms with E-state index >= 15 is 0 Å². The van der Waals surface area contributed by atoms with Crippen LogP contribution in [0.1, 0.15) is 19.4 Å². The summed E-state index contributed by atoms with van der Waals surface area (Å²) in [5.74, 6) is -1.10. The molecule has 2 rings (SSSR count). The molecule has 1 aromatic rings. The van der Waals surface area contributed by atoms with Gasteiger partial charge in [0.1, 0.15) is 0 Å². The quantitative estimate of drug-likeness (QED) is 0.873. The molecule has 1 aromatic heterocycles. The van der Waals surface area contributed by atoms with Gasteiger partial charge in [0.25, 0.3) is 0 Å². The van der Waals surface area contributed by atoms with Gasteiger partial charge in [-0.3, -0.25) is 4.79 Å². The molecule has 0 aromatic carbocycles. The first-order valence-electron chi connectivity index (χ1n) is 6.76. The van der Waals surface area contributed by atoms with Gasteiger partial charge in [0.05, 0.1) is 5.92 Å². The van der Waals surface area contributed by atoms with E-state index in [0.29, 0.717) is 13.1 Å². The third-order valence-corrected chi connectivity index (χ3v) is 4.52. The van der Waals surface area contributed by atoms with Gasteiger partial charge in [-0.1, -0.05) is 6.92 Å². The Labute approximate surface area is 122 Å². The summed E-state index contributed by atoms with van der Waals surface area (Å²) in [5, 5.41) is 16.0. The Morgan fingerprint density at radius 2 is 2.20 bits per heavy atom. The summed E-state index contributed by atoms with van der Waals surface area (Å²) in [6.07, 6.45) is 0.817. The Bertz CT molecular complexity index is 469. The van der Waals surface area contributed by atoms with Crippen molar-refractivity contribution in [3.63, 3.8) is 0 Å². The van der Waals surface area contributed by atoms with Crippen LogP contribution in [0.5, 0.6) is 0 Å². The zero-order chi connectivity index (χ0) is 14.7. The number of thiophene rings is 1. The van der Waals surface area contributed by atoms with Gasteiger partial charge in [-0.05, 0) is 35.7 Å². The van der Waals surface area contributed by atoms with Crippen LogP contribution in [0.2, 0.25) is 0 Å². The van der Waals surface area contributed by atoms with Crippen molar-refractivity contribution in [2.45, 2.75) is 26.3 Å². The van der Waals surface area contributed by atoms with E-state index < -0.39 is 5.97 Å². The monoisotopic (exact) mass is 296 g/mol. The fraction of sp³-hybridized carbons (Fsp3) is 0.571. The van der Waals surface area contributed by atoms with Crippen molar-refractivity contribution in [1.82, 2.24) is 10.2 Å². The van der Waals surface area contributed by atoms with Gasteiger partial charge in [0.2, 0.25) is 0 Å². The molecule has 0 radical (unpaired) electrons. The van der Waals surface area contributed by atoms with E-state index in [9.17, 15) is 9.59 Å². The molecule has 1 aliphatic rings. The van der Waals surface area contributed by atoms with Gasteiger partial charge >= 0.3 is 12.0 Å². The van der Waals surface area contributed by atoms with Crippen LogP contribution in [-0.4, -0.2) is 41.1 Å². The first-order valence-corrected chi connectivity index (χ1v) is 7.71. The first kappa shape index (κ1) is 14.8. The van der Waals surface area contributed by atoms with E-state index in [1.54, 1.807) is 23.2 Å². The highest BCUT2D eigenvalue weighted by atomic mass is 32.1. The summed E-state index contributed by atoms with van der Waals surface area (Å²) in [4.78, 5) is 24.5. The van der Waals surface area contributed by atoms with Crippen molar-refractivity contribution in [3.8, 4) is 0 Å². The van der Waals surface area contributed by atoms with Crippen molar-refractivity contribution in [1.29, 1.82) is 0 Å². The third-order valence-electron chi connectivity index (χ3n) is 3.79. The lowest BCUT2D eigenvalue weighted by molar-refractivity contribution is -0.144. The molecule has 0 aliphatic carbocycles. The number of carbonyl (C=O) groups is 2. The fourth-order valence-corrected chi connectivity index (χ4v) is 2.99. The number of hydrogen-bond acceptors (Lipinski definition) is 3. The first-order chi connectivity index (χ1) is 9.47. The highest BCUT2D eigenvalue weighted by Crippen LogP contribution is 2.24. The van der Waals surface area contributed by atoms with Crippen LogP contribution in [0.25, 0.3) is 0 Å². The number of nitrogens with zero attached hydrogens (tertiary/aromatic N) is 1. The van der Waals surface area contributed by atoms with E-state index in [4.69, 9.17) is 5.11 Å². The third kappa shape index (κ3) is 3.50. The van der Waals surface area contributed by atoms with Crippen molar-refractivity contribution in [2.24, 2.45) is 11.8 Å². The van der Waals surface area contributed by atoms with Crippen LogP contribution < -0.4 is 5.32 Å². The molecule has 1 aliphatic heterocycles. The average Bonchev–Trinajstić information content (AvgIpc) is 2.78. The molecule has 2 heterocycles. The molecule has 20 heavy (non-hydrogen) atoms. The smallest absolute Gasteiger partial charge is 0.317 e. The molecule has 1 saturated heterocycles. The summed E-state index contributed by atoms with van der Waals surface area (Å²) < 4.78 is 0. The normalized spacial score (nSPS) is 18.2. The highest BCUT2D eigenvalue weighted by Gasteiger charge is 2.37. The molecule has 2 atom stereocenters. The lowest BCUT2D eigenvalue weighted by Gasteiger charge is -2.41. The number of aliphatic carboxylic acids is 1. The molecule has 0 saturated carbocycles. The van der Waals surface area contributed by atoms with Crippen molar-refractivity contribution in [2.75, 3.05) is 13.1 Å². The number of rotatable bonds is 5. The largest absolute Gasteiger partial charge is 0.481 e. The van der Waals surface area contributed by atoms with Gasteiger partial charge in [-0.15, -0.1) is 0 Å². The summed E-state index contributed by atoms with van der Waals surface area (Å²) >= 11 is 1.65. The number of nitrogens with one attached hydrogen (secondary N) is 1. The van der Waals surface area contributed by atoms with Crippen LogP contribution >= 0.6 is 11.3 Å². The average molecular weight is 296 g/mol. The van der Waals surface area contributed by atoms with Gasteiger partial charge in [-0.2, -0.15) is 11.3 Å². The molecule has 0 spiro atoms. The molecule has 1 fully saturated rings. The van der Waals surface area contributed by atoms with Crippen LogP contribution in [0.3, 0.4) is 0 Å². The second-order valence-corrected chi connectivity index (χ2v) is 6.26. The van der Waals surface area contributed by atoms with Crippen LogP contribution in [-0.2, 0) is 11.2 Å². The second-order valence-electron chi connectivity index (χ2n) is 5.48. The minimum atomic E-state index is -0.791. The predicted octanol–water partition coefficient (Wildman–Crippen LogP) is 2.04. The standard InChI is InChI=1S/C14H20N2O3S/c1-9(5-11-3-4-20-8-11)15-14(19)16-6-12(7-16)10(2)13(17)18/h3-4,8-10,12H,5-7H2,1-2H3,(H,15,19)(H,17,18). The van der Waals surface area contributed by atoms with E-state index in [0.717, 1.165) is 6.42 Å². The number of carbonyl (C=O) groups excluding carboxylic acids is 1. The van der Waals surface area contributed by atoms with E-state index in [1.165, 1.54) is 5.56 Å². The summed E-state index contributed by atoms with van der Waals surface area (Å²) in [6.45, 7) is 4.74. The number of hydrogen-bond donors (Lipinski definition) is 2. The lowest BCUT2D eigenvalue weighted by Crippen LogP contribution is -2.57. The van der Waals surface area contributed by atoms with E-state index in [2.05, 4.69) is 16.8 Å².